The van der Waals surface area contributed by atoms with Crippen LogP contribution in [0.3, 0.4) is 0 Å². The molecule has 1 unspecified atom stereocenters. The average Bonchev–Trinajstić information content (AvgIpc) is 2.57. The van der Waals surface area contributed by atoms with Gasteiger partial charge in [-0.2, -0.15) is 0 Å². The fourth-order valence-electron chi connectivity index (χ4n) is 2.38. The van der Waals surface area contributed by atoms with Gasteiger partial charge in [0.25, 0.3) is 0 Å². The Bertz CT molecular complexity index is 734. The number of hydrogen-bond acceptors (Lipinski definition) is 3. The van der Waals surface area contributed by atoms with Crippen LogP contribution in [0, 0.1) is 0 Å². The van der Waals surface area contributed by atoms with Crippen molar-refractivity contribution >= 4 is 29.1 Å². The number of amides is 1. The number of hydrogen-bond donors (Lipinski definition) is 1. The van der Waals surface area contributed by atoms with Gasteiger partial charge < -0.3 is 14.8 Å². The van der Waals surface area contributed by atoms with Gasteiger partial charge in [-0.15, -0.1) is 0 Å². The highest BCUT2D eigenvalue weighted by Gasteiger charge is 2.15. The highest BCUT2D eigenvalue weighted by molar-refractivity contribution is 6.42. The van der Waals surface area contributed by atoms with Gasteiger partial charge >= 0.3 is 0 Å². The van der Waals surface area contributed by atoms with Crippen molar-refractivity contribution in [3.8, 4) is 11.5 Å². The van der Waals surface area contributed by atoms with Crippen molar-refractivity contribution in [2.75, 3.05) is 14.2 Å². The lowest BCUT2D eigenvalue weighted by Crippen LogP contribution is -2.28. The van der Waals surface area contributed by atoms with Crippen LogP contribution >= 0.6 is 23.2 Å². The van der Waals surface area contributed by atoms with Crippen LogP contribution < -0.4 is 14.8 Å². The lowest BCUT2D eigenvalue weighted by atomic mass is 10.1. The molecule has 1 amide bonds. The number of rotatable bonds is 6. The number of halogens is 2. The second-order valence-electron chi connectivity index (χ2n) is 5.32. The van der Waals surface area contributed by atoms with Crippen LogP contribution in [-0.4, -0.2) is 20.1 Å². The van der Waals surface area contributed by atoms with Crippen molar-refractivity contribution in [2.24, 2.45) is 0 Å². The van der Waals surface area contributed by atoms with Gasteiger partial charge in [-0.3, -0.25) is 4.79 Å². The summed E-state index contributed by atoms with van der Waals surface area (Å²) in [6.07, 6.45) is 0.222. The number of nitrogens with one attached hydrogen (secondary N) is 1. The number of ether oxygens (including phenoxy) is 2. The molecule has 0 aliphatic rings. The number of methoxy groups -OCH3 is 2. The predicted octanol–water partition coefficient (Wildman–Crippen LogP) is 4.43. The van der Waals surface area contributed by atoms with Crippen molar-refractivity contribution in [1.82, 2.24) is 5.32 Å². The van der Waals surface area contributed by atoms with Crippen molar-refractivity contribution in [2.45, 2.75) is 19.4 Å². The van der Waals surface area contributed by atoms with E-state index in [-0.39, 0.29) is 18.4 Å². The zero-order valence-corrected chi connectivity index (χ0v) is 15.2. The summed E-state index contributed by atoms with van der Waals surface area (Å²) in [5, 5.41) is 3.86. The zero-order valence-electron chi connectivity index (χ0n) is 13.7. The van der Waals surface area contributed by atoms with E-state index in [0.29, 0.717) is 21.5 Å². The van der Waals surface area contributed by atoms with Gasteiger partial charge in [0.15, 0.2) is 0 Å². The first-order valence-corrected chi connectivity index (χ1v) is 8.15. The Kier molecular flexibility index (Phi) is 6.35. The minimum atomic E-state index is -0.207. The first kappa shape index (κ1) is 18.4. The molecule has 0 aliphatic heterocycles. The molecule has 6 heteroatoms. The minimum absolute atomic E-state index is 0.112. The molecule has 2 aromatic rings. The molecule has 0 bridgehead atoms. The summed E-state index contributed by atoms with van der Waals surface area (Å²) in [5.41, 5.74) is 1.68. The van der Waals surface area contributed by atoms with Gasteiger partial charge in [0, 0.05) is 11.6 Å². The van der Waals surface area contributed by atoms with Crippen molar-refractivity contribution < 1.29 is 14.3 Å². The topological polar surface area (TPSA) is 47.6 Å². The van der Waals surface area contributed by atoms with E-state index in [0.717, 1.165) is 11.1 Å². The Labute approximate surface area is 151 Å². The Morgan fingerprint density at radius 2 is 1.83 bits per heavy atom. The maximum Gasteiger partial charge on any atom is 0.224 e. The number of carbonyl (C=O) groups excluding carboxylic acids is 1. The van der Waals surface area contributed by atoms with Crippen LogP contribution in [-0.2, 0) is 11.2 Å². The lowest BCUT2D eigenvalue weighted by molar-refractivity contribution is -0.121. The number of carbonyl (C=O) groups is 1. The molecule has 2 rings (SSSR count). The largest absolute Gasteiger partial charge is 0.497 e. The summed E-state index contributed by atoms with van der Waals surface area (Å²) >= 11 is 11.9. The van der Waals surface area contributed by atoms with Gasteiger partial charge in [-0.1, -0.05) is 29.3 Å². The van der Waals surface area contributed by atoms with E-state index in [9.17, 15) is 4.79 Å². The fraction of sp³-hybridized carbons (Fsp3) is 0.278. The summed E-state index contributed by atoms with van der Waals surface area (Å²) in [6.45, 7) is 1.90. The molecule has 24 heavy (non-hydrogen) atoms. The molecule has 0 aromatic heterocycles. The summed E-state index contributed by atoms with van der Waals surface area (Å²) in [6, 6.07) is 10.5. The van der Waals surface area contributed by atoms with E-state index in [1.54, 1.807) is 38.5 Å². The second kappa shape index (κ2) is 8.27. The standard InChI is InChI=1S/C18H19Cl2NO3/c1-11(14-6-5-13(23-2)10-17(14)24-3)21-18(22)9-12-4-7-15(19)16(20)8-12/h4-8,10-11H,9H2,1-3H3,(H,21,22). The van der Waals surface area contributed by atoms with Gasteiger partial charge in [-0.05, 0) is 36.8 Å². The third kappa shape index (κ3) is 4.56. The molecule has 0 saturated heterocycles. The van der Waals surface area contributed by atoms with Crippen molar-refractivity contribution in [3.05, 3.63) is 57.6 Å². The van der Waals surface area contributed by atoms with Crippen LogP contribution in [0.25, 0.3) is 0 Å². The highest BCUT2D eigenvalue weighted by Crippen LogP contribution is 2.29. The minimum Gasteiger partial charge on any atom is -0.497 e. The smallest absolute Gasteiger partial charge is 0.224 e. The van der Waals surface area contributed by atoms with E-state index in [2.05, 4.69) is 5.32 Å². The van der Waals surface area contributed by atoms with E-state index >= 15 is 0 Å². The van der Waals surface area contributed by atoms with Gasteiger partial charge in [0.05, 0.1) is 36.7 Å². The summed E-state index contributed by atoms with van der Waals surface area (Å²) in [7, 11) is 3.18. The Hall–Kier alpha value is -1.91. The highest BCUT2D eigenvalue weighted by atomic mass is 35.5. The molecule has 1 atom stereocenters. The van der Waals surface area contributed by atoms with Gasteiger partial charge in [0.2, 0.25) is 5.91 Å². The third-order valence-electron chi connectivity index (χ3n) is 3.63. The molecule has 0 radical (unpaired) electrons. The van der Waals surface area contributed by atoms with Crippen LogP contribution in [0.1, 0.15) is 24.1 Å². The van der Waals surface area contributed by atoms with Crippen molar-refractivity contribution in [1.29, 1.82) is 0 Å². The van der Waals surface area contributed by atoms with Crippen molar-refractivity contribution in [3.63, 3.8) is 0 Å². The Morgan fingerprint density at radius 1 is 1.08 bits per heavy atom. The molecular weight excluding hydrogens is 349 g/mol. The maximum absolute atomic E-state index is 12.3. The predicted molar refractivity (Wildman–Crippen MR) is 96.3 cm³/mol. The molecule has 0 spiro atoms. The summed E-state index contributed by atoms with van der Waals surface area (Å²) in [5.74, 6) is 1.25. The lowest BCUT2D eigenvalue weighted by Gasteiger charge is -2.18. The summed E-state index contributed by atoms with van der Waals surface area (Å²) in [4.78, 5) is 12.3. The molecule has 0 aliphatic carbocycles. The van der Waals surface area contributed by atoms with Crippen LogP contribution in [0.2, 0.25) is 10.0 Å². The number of benzene rings is 2. The molecule has 0 heterocycles. The first-order chi connectivity index (χ1) is 11.4. The first-order valence-electron chi connectivity index (χ1n) is 7.39. The summed E-state index contributed by atoms with van der Waals surface area (Å²) < 4.78 is 10.6. The van der Waals surface area contributed by atoms with Crippen LogP contribution in [0.5, 0.6) is 11.5 Å². The van der Waals surface area contributed by atoms with E-state index in [1.807, 2.05) is 19.1 Å². The second-order valence-corrected chi connectivity index (χ2v) is 6.14. The quantitative estimate of drug-likeness (QED) is 0.821. The van der Waals surface area contributed by atoms with Crippen LogP contribution in [0.15, 0.2) is 36.4 Å². The maximum atomic E-state index is 12.3. The Morgan fingerprint density at radius 3 is 2.46 bits per heavy atom. The van der Waals surface area contributed by atoms with E-state index in [1.165, 1.54) is 0 Å². The fourth-order valence-corrected chi connectivity index (χ4v) is 2.70. The van der Waals surface area contributed by atoms with Crippen LogP contribution in [0.4, 0.5) is 0 Å². The molecule has 0 fully saturated rings. The molecule has 4 nitrogen and oxygen atoms in total. The third-order valence-corrected chi connectivity index (χ3v) is 4.37. The normalized spacial score (nSPS) is 11.7. The van der Waals surface area contributed by atoms with Gasteiger partial charge in [-0.25, -0.2) is 0 Å². The Balaban J connectivity index is 2.07. The molecular formula is C18H19Cl2NO3. The molecule has 128 valence electrons. The van der Waals surface area contributed by atoms with E-state index < -0.39 is 0 Å². The molecule has 1 N–H and O–H groups in total. The SMILES string of the molecule is COc1ccc(C(C)NC(=O)Cc2ccc(Cl)c(Cl)c2)c(OC)c1. The zero-order chi connectivity index (χ0) is 17.7. The van der Waals surface area contributed by atoms with Gasteiger partial charge in [0.1, 0.15) is 11.5 Å². The average molecular weight is 368 g/mol. The monoisotopic (exact) mass is 367 g/mol. The molecule has 0 saturated carbocycles. The van der Waals surface area contributed by atoms with E-state index in [4.69, 9.17) is 32.7 Å². The molecule has 2 aromatic carbocycles.